The Morgan fingerprint density at radius 1 is 1.16 bits per heavy atom. The highest BCUT2D eigenvalue weighted by Gasteiger charge is 2.31. The molecule has 0 unspecified atom stereocenters. The van der Waals surface area contributed by atoms with Gasteiger partial charge in [0.15, 0.2) is 11.5 Å². The molecule has 3 N–H and O–H groups in total. The lowest BCUT2D eigenvalue weighted by Gasteiger charge is -2.31. The molecule has 1 aliphatic rings. The fourth-order valence-electron chi connectivity index (χ4n) is 4.56. The topological polar surface area (TPSA) is 126 Å². The van der Waals surface area contributed by atoms with E-state index in [1.165, 1.54) is 24.6 Å². The molecule has 0 bridgehead atoms. The Bertz CT molecular complexity index is 1420. The highest BCUT2D eigenvalue weighted by molar-refractivity contribution is 5.96. The number of anilines is 4. The second-order valence-electron chi connectivity index (χ2n) is 9.64. The van der Waals surface area contributed by atoms with Gasteiger partial charge in [-0.1, -0.05) is 0 Å². The number of hydrogen-bond acceptors (Lipinski definition) is 9. The van der Waals surface area contributed by atoms with Crippen molar-refractivity contribution in [2.75, 3.05) is 30.3 Å². The maximum absolute atomic E-state index is 14.7. The zero-order valence-electron chi connectivity index (χ0n) is 21.0. The fraction of sp³-hybridized carbons (Fsp3) is 0.360. The van der Waals surface area contributed by atoms with E-state index in [-0.39, 0.29) is 17.1 Å². The molecule has 192 valence electrons. The van der Waals surface area contributed by atoms with Gasteiger partial charge in [-0.2, -0.15) is 20.3 Å². The van der Waals surface area contributed by atoms with Crippen LogP contribution in [0, 0.1) is 5.82 Å². The Kier molecular flexibility index (Phi) is 6.66. The summed E-state index contributed by atoms with van der Waals surface area (Å²) in [6.45, 7) is 6.79. The van der Waals surface area contributed by atoms with Crippen LogP contribution in [-0.2, 0) is 7.05 Å². The second-order valence-corrected chi connectivity index (χ2v) is 9.64. The van der Waals surface area contributed by atoms with E-state index in [0.717, 1.165) is 19.5 Å². The molecule has 4 aromatic rings. The first-order valence-corrected chi connectivity index (χ1v) is 12.1. The van der Waals surface area contributed by atoms with Crippen LogP contribution >= 0.6 is 0 Å². The van der Waals surface area contributed by atoms with E-state index in [2.05, 4.69) is 60.0 Å². The number of benzene rings is 1. The van der Waals surface area contributed by atoms with Gasteiger partial charge in [0.1, 0.15) is 5.82 Å². The second kappa shape index (κ2) is 10.1. The Morgan fingerprint density at radius 2 is 2.03 bits per heavy atom. The van der Waals surface area contributed by atoms with Crippen molar-refractivity contribution in [2.45, 2.75) is 32.2 Å². The van der Waals surface area contributed by atoms with Gasteiger partial charge in [-0.25, -0.2) is 14.1 Å². The van der Waals surface area contributed by atoms with Gasteiger partial charge in [0.05, 0.1) is 29.2 Å². The zero-order chi connectivity index (χ0) is 26.0. The number of likely N-dealkylation sites (tertiary alicyclic amines) is 1. The predicted octanol–water partition coefficient (Wildman–Crippen LogP) is 3.38. The van der Waals surface area contributed by atoms with Crippen LogP contribution in [0.4, 0.5) is 27.5 Å². The van der Waals surface area contributed by atoms with Crippen molar-refractivity contribution in [1.29, 1.82) is 0 Å². The van der Waals surface area contributed by atoms with Crippen molar-refractivity contribution < 1.29 is 9.18 Å². The zero-order valence-corrected chi connectivity index (χ0v) is 21.0. The normalized spacial score (nSPS) is 15.1. The summed E-state index contributed by atoms with van der Waals surface area (Å²) in [6.07, 6.45) is 7.04. The summed E-state index contributed by atoms with van der Waals surface area (Å²) in [6, 6.07) is 5.97. The molecular weight excluding hydrogens is 475 g/mol. The number of aromatic nitrogens is 6. The molecule has 0 saturated carbocycles. The largest absolute Gasteiger partial charge is 0.351 e. The molecule has 0 atom stereocenters. The third-order valence-electron chi connectivity index (χ3n) is 6.64. The average molecular weight is 505 g/mol. The van der Waals surface area contributed by atoms with Crippen LogP contribution in [0.5, 0.6) is 0 Å². The Morgan fingerprint density at radius 3 is 2.78 bits per heavy atom. The van der Waals surface area contributed by atoms with Gasteiger partial charge in [0.25, 0.3) is 5.91 Å². The van der Waals surface area contributed by atoms with Gasteiger partial charge < -0.3 is 16.0 Å². The minimum atomic E-state index is -0.501. The number of nitrogens with zero attached hydrogens (tertiary/aromatic N) is 7. The number of halogens is 1. The summed E-state index contributed by atoms with van der Waals surface area (Å²) in [5, 5.41) is 21.6. The maximum atomic E-state index is 14.7. The molecule has 4 heterocycles. The van der Waals surface area contributed by atoms with E-state index in [0.29, 0.717) is 40.6 Å². The smallest absolute Gasteiger partial charge is 0.251 e. The molecule has 0 aliphatic carbocycles. The van der Waals surface area contributed by atoms with Crippen molar-refractivity contribution in [2.24, 2.45) is 7.05 Å². The number of rotatable bonds is 8. The molecule has 1 amide bonds. The molecule has 37 heavy (non-hydrogen) atoms. The van der Waals surface area contributed by atoms with E-state index >= 15 is 0 Å². The number of carbonyl (C=O) groups is 1. The van der Waals surface area contributed by atoms with Crippen LogP contribution in [0.15, 0.2) is 42.9 Å². The molecule has 12 heteroatoms. The third kappa shape index (κ3) is 5.33. The molecule has 1 fully saturated rings. The number of carbonyl (C=O) groups excluding carboxylic acids is 1. The van der Waals surface area contributed by atoms with E-state index in [1.54, 1.807) is 36.4 Å². The number of fused-ring (bicyclic) bond motifs is 1. The van der Waals surface area contributed by atoms with Crippen molar-refractivity contribution in [1.82, 2.24) is 40.2 Å². The van der Waals surface area contributed by atoms with E-state index in [9.17, 15) is 9.18 Å². The van der Waals surface area contributed by atoms with Crippen molar-refractivity contribution in [3.05, 3.63) is 54.2 Å². The van der Waals surface area contributed by atoms with Crippen LogP contribution in [0.3, 0.4) is 0 Å². The van der Waals surface area contributed by atoms with Gasteiger partial charge in [0.2, 0.25) is 5.95 Å². The highest BCUT2D eigenvalue weighted by atomic mass is 19.1. The van der Waals surface area contributed by atoms with E-state index in [4.69, 9.17) is 0 Å². The lowest BCUT2D eigenvalue weighted by molar-refractivity contribution is 0.0940. The number of nitrogens with one attached hydrogen (secondary N) is 3. The predicted molar refractivity (Wildman–Crippen MR) is 139 cm³/mol. The first-order chi connectivity index (χ1) is 17.8. The molecule has 0 spiro atoms. The monoisotopic (exact) mass is 504 g/mol. The minimum absolute atomic E-state index is 0.137. The summed E-state index contributed by atoms with van der Waals surface area (Å²) in [5.74, 6) is -0.0197. The van der Waals surface area contributed by atoms with E-state index in [1.807, 2.05) is 0 Å². The van der Waals surface area contributed by atoms with E-state index < -0.39 is 5.82 Å². The first kappa shape index (κ1) is 24.5. The number of hydrogen-bond donors (Lipinski definition) is 3. The van der Waals surface area contributed by atoms with Crippen molar-refractivity contribution in [3.63, 3.8) is 0 Å². The molecule has 1 aromatic carbocycles. The summed E-state index contributed by atoms with van der Waals surface area (Å²) >= 11 is 0. The first-order valence-electron chi connectivity index (χ1n) is 12.1. The van der Waals surface area contributed by atoms with Gasteiger partial charge in [0, 0.05) is 37.4 Å². The summed E-state index contributed by atoms with van der Waals surface area (Å²) in [5.41, 5.74) is 1.88. The lowest BCUT2D eigenvalue weighted by Crippen LogP contribution is -2.43. The molecule has 3 aromatic heterocycles. The lowest BCUT2D eigenvalue weighted by atomic mass is 10.0. The quantitative estimate of drug-likeness (QED) is 0.331. The van der Waals surface area contributed by atoms with Crippen molar-refractivity contribution in [3.8, 4) is 0 Å². The van der Waals surface area contributed by atoms with Gasteiger partial charge >= 0.3 is 0 Å². The van der Waals surface area contributed by atoms with Gasteiger partial charge in [-0.15, -0.1) is 0 Å². The summed E-state index contributed by atoms with van der Waals surface area (Å²) < 4.78 is 16.3. The third-order valence-corrected chi connectivity index (χ3v) is 6.64. The Balaban J connectivity index is 1.29. The standard InChI is InChI=1S/C25H29FN10O/c1-25(2)8-4-11-36(25)12-10-27-23(37)16-5-6-19(26)20(13-16)32-21-18-15-28-24(33-22(18)35(3)34-21)31-17-7-9-29-30-14-17/h5-7,9,13-15H,4,8,10-12H2,1-3H3,(H,27,37)(H,32,34)(H,28,29,31,33). The van der Waals surface area contributed by atoms with Crippen LogP contribution in [0.1, 0.15) is 37.0 Å². The van der Waals surface area contributed by atoms with Crippen LogP contribution in [0.2, 0.25) is 0 Å². The van der Waals surface area contributed by atoms with Crippen molar-refractivity contribution >= 4 is 40.1 Å². The molecule has 5 rings (SSSR count). The van der Waals surface area contributed by atoms with Crippen LogP contribution < -0.4 is 16.0 Å². The molecule has 0 radical (unpaired) electrons. The van der Waals surface area contributed by atoms with Gasteiger partial charge in [-0.05, 0) is 57.5 Å². The SMILES string of the molecule is Cn1nc(Nc2cc(C(=O)NCCN3CCCC3(C)C)ccc2F)c2cnc(Nc3ccnnc3)nc21. The molecule has 1 aliphatic heterocycles. The summed E-state index contributed by atoms with van der Waals surface area (Å²) in [4.78, 5) is 24.0. The highest BCUT2D eigenvalue weighted by Crippen LogP contribution is 2.28. The van der Waals surface area contributed by atoms with Crippen LogP contribution in [-0.4, -0.2) is 65.9 Å². The van der Waals surface area contributed by atoms with Gasteiger partial charge in [-0.3, -0.25) is 9.69 Å². The average Bonchev–Trinajstić information content (AvgIpc) is 3.38. The van der Waals surface area contributed by atoms with Crippen LogP contribution in [0.25, 0.3) is 11.0 Å². The molecular formula is C25H29FN10O. The Hall–Kier alpha value is -4.19. The Labute approximate surface area is 213 Å². The maximum Gasteiger partial charge on any atom is 0.251 e. The minimum Gasteiger partial charge on any atom is -0.351 e. The fourth-order valence-corrected chi connectivity index (χ4v) is 4.56. The number of aryl methyl sites for hydroxylation is 1. The number of amides is 1. The molecule has 11 nitrogen and oxygen atoms in total. The summed E-state index contributed by atoms with van der Waals surface area (Å²) in [7, 11) is 1.74. The molecule has 1 saturated heterocycles.